The molecule has 0 saturated carbocycles. The Balaban J connectivity index is 1.45. The first-order chi connectivity index (χ1) is 17.4. The van der Waals surface area contributed by atoms with Crippen molar-refractivity contribution in [3.8, 4) is 11.4 Å². The minimum absolute atomic E-state index is 0.0414. The molecule has 0 N–H and O–H groups in total. The van der Waals surface area contributed by atoms with Gasteiger partial charge in [0, 0.05) is 43.1 Å². The third-order valence-electron chi connectivity index (χ3n) is 6.57. The van der Waals surface area contributed by atoms with Crippen molar-refractivity contribution in [3.63, 3.8) is 0 Å². The lowest BCUT2D eigenvalue weighted by Gasteiger charge is -2.41. The van der Waals surface area contributed by atoms with Gasteiger partial charge < -0.3 is 14.5 Å². The molecular weight excluding hydrogens is 470 g/mol. The summed E-state index contributed by atoms with van der Waals surface area (Å²) in [5.41, 5.74) is 4.99. The molecule has 1 aliphatic rings. The van der Waals surface area contributed by atoms with Crippen LogP contribution in [0.5, 0.6) is 0 Å². The average Bonchev–Trinajstić information content (AvgIpc) is 3.19. The second-order valence-corrected chi connectivity index (χ2v) is 10.9. The zero-order valence-electron chi connectivity index (χ0n) is 22.4. The van der Waals surface area contributed by atoms with Crippen molar-refractivity contribution in [2.75, 3.05) is 24.5 Å². The quantitative estimate of drug-likeness (QED) is 0.411. The standard InChI is InChI=1S/C27H33N7O3/c1-16-10-22(31-8-9-32(19(4)14-31)26(36)37-27(5,6)7)15-33-24(16)28-23(29-25(33)35)20-12-18(3)34-21(13-20)11-17(2)30-34/h10-13,15,19H,8-9,14H2,1-7H3. The van der Waals surface area contributed by atoms with Gasteiger partial charge in [-0.05, 0) is 78.3 Å². The summed E-state index contributed by atoms with van der Waals surface area (Å²) in [6.45, 7) is 15.3. The number of nitrogens with zero attached hydrogens (tertiary/aromatic N) is 7. The molecule has 4 aromatic rings. The first-order valence-electron chi connectivity index (χ1n) is 12.5. The van der Waals surface area contributed by atoms with Gasteiger partial charge in [-0.25, -0.2) is 23.5 Å². The zero-order valence-corrected chi connectivity index (χ0v) is 22.4. The predicted octanol–water partition coefficient (Wildman–Crippen LogP) is 3.78. The van der Waals surface area contributed by atoms with Crippen molar-refractivity contribution >= 4 is 22.9 Å². The lowest BCUT2D eigenvalue weighted by Crippen LogP contribution is -2.55. The van der Waals surface area contributed by atoms with E-state index in [1.165, 1.54) is 4.40 Å². The maximum absolute atomic E-state index is 13.2. The van der Waals surface area contributed by atoms with Crippen LogP contribution in [0.4, 0.5) is 10.5 Å². The van der Waals surface area contributed by atoms with Gasteiger partial charge in [-0.15, -0.1) is 0 Å². The highest BCUT2D eigenvalue weighted by Crippen LogP contribution is 2.25. The van der Waals surface area contributed by atoms with Gasteiger partial charge in [-0.1, -0.05) is 0 Å². The molecule has 1 amide bonds. The van der Waals surface area contributed by atoms with Gasteiger partial charge in [0.05, 0.1) is 16.9 Å². The summed E-state index contributed by atoms with van der Waals surface area (Å²) in [6, 6.07) is 7.88. The van der Waals surface area contributed by atoms with E-state index in [4.69, 9.17) is 9.72 Å². The van der Waals surface area contributed by atoms with Crippen molar-refractivity contribution < 1.29 is 9.53 Å². The van der Waals surface area contributed by atoms with E-state index >= 15 is 0 Å². The number of amides is 1. The number of aryl methyl sites for hydroxylation is 3. The number of carbonyl (C=O) groups excluding carboxylic acids is 1. The molecule has 5 heterocycles. The molecule has 10 heteroatoms. The number of fused-ring (bicyclic) bond motifs is 2. The molecule has 10 nitrogen and oxygen atoms in total. The highest BCUT2D eigenvalue weighted by molar-refractivity contribution is 5.70. The van der Waals surface area contributed by atoms with Crippen LogP contribution in [0.1, 0.15) is 44.6 Å². The van der Waals surface area contributed by atoms with Crippen LogP contribution in [0.25, 0.3) is 22.6 Å². The van der Waals surface area contributed by atoms with E-state index in [-0.39, 0.29) is 17.8 Å². The van der Waals surface area contributed by atoms with Crippen LogP contribution in [0.2, 0.25) is 0 Å². The molecule has 194 valence electrons. The normalized spacial score (nSPS) is 16.6. The molecular formula is C27H33N7O3. The van der Waals surface area contributed by atoms with Crippen LogP contribution >= 0.6 is 0 Å². The zero-order chi connectivity index (χ0) is 26.6. The number of pyridine rings is 2. The molecule has 1 fully saturated rings. The van der Waals surface area contributed by atoms with E-state index in [2.05, 4.69) is 15.0 Å². The fourth-order valence-corrected chi connectivity index (χ4v) is 4.87. The van der Waals surface area contributed by atoms with E-state index in [9.17, 15) is 9.59 Å². The molecule has 0 spiro atoms. The number of hydrogen-bond donors (Lipinski definition) is 0. The summed E-state index contributed by atoms with van der Waals surface area (Å²) >= 11 is 0. The lowest BCUT2D eigenvalue weighted by molar-refractivity contribution is 0.0159. The van der Waals surface area contributed by atoms with E-state index in [1.807, 2.05) is 77.2 Å². The van der Waals surface area contributed by atoms with E-state index in [0.717, 1.165) is 33.7 Å². The van der Waals surface area contributed by atoms with Gasteiger partial charge in [0.15, 0.2) is 5.82 Å². The number of rotatable bonds is 2. The lowest BCUT2D eigenvalue weighted by atomic mass is 10.1. The Bertz CT molecular complexity index is 1580. The Labute approximate surface area is 215 Å². The summed E-state index contributed by atoms with van der Waals surface area (Å²) in [4.78, 5) is 38.8. The molecule has 0 bridgehead atoms. The molecule has 4 aromatic heterocycles. The van der Waals surface area contributed by atoms with Crippen molar-refractivity contribution in [3.05, 3.63) is 57.9 Å². The first kappa shape index (κ1) is 24.7. The summed E-state index contributed by atoms with van der Waals surface area (Å²) in [5, 5.41) is 4.49. The number of carbonyl (C=O) groups is 1. The maximum atomic E-state index is 13.2. The second kappa shape index (κ2) is 8.86. The van der Waals surface area contributed by atoms with Crippen LogP contribution in [-0.2, 0) is 4.74 Å². The van der Waals surface area contributed by atoms with Crippen LogP contribution in [0.3, 0.4) is 0 Å². The molecule has 1 aliphatic heterocycles. The number of piperazine rings is 1. The van der Waals surface area contributed by atoms with E-state index in [0.29, 0.717) is 31.1 Å². The third kappa shape index (κ3) is 4.75. The number of anilines is 1. The Morgan fingerprint density at radius 2 is 1.81 bits per heavy atom. The van der Waals surface area contributed by atoms with Crippen LogP contribution in [0.15, 0.2) is 35.3 Å². The van der Waals surface area contributed by atoms with Gasteiger partial charge in [-0.3, -0.25) is 0 Å². The van der Waals surface area contributed by atoms with Crippen molar-refractivity contribution in [1.82, 2.24) is 28.9 Å². The smallest absolute Gasteiger partial charge is 0.410 e. The van der Waals surface area contributed by atoms with Gasteiger partial charge in [0.1, 0.15) is 11.2 Å². The largest absolute Gasteiger partial charge is 0.444 e. The SMILES string of the molecule is Cc1cc2cc(-c3nc(=O)n4cc(N5CCN(C(=O)OC(C)(C)C)C(C)C5)cc(C)c4n3)cc(C)n2n1. The summed E-state index contributed by atoms with van der Waals surface area (Å²) in [7, 11) is 0. The summed E-state index contributed by atoms with van der Waals surface area (Å²) in [6.07, 6.45) is 1.49. The summed E-state index contributed by atoms with van der Waals surface area (Å²) < 4.78 is 8.94. The molecule has 1 atom stereocenters. The Kier molecular flexibility index (Phi) is 5.92. The van der Waals surface area contributed by atoms with E-state index in [1.54, 1.807) is 11.1 Å². The topological polar surface area (TPSA) is 97.3 Å². The molecule has 1 saturated heterocycles. The Morgan fingerprint density at radius 1 is 1.05 bits per heavy atom. The van der Waals surface area contributed by atoms with E-state index < -0.39 is 5.60 Å². The number of aromatic nitrogens is 5. The van der Waals surface area contributed by atoms with Gasteiger partial charge in [0.25, 0.3) is 0 Å². The van der Waals surface area contributed by atoms with Crippen LogP contribution < -0.4 is 10.6 Å². The molecule has 0 radical (unpaired) electrons. The number of hydrogen-bond acceptors (Lipinski definition) is 7. The monoisotopic (exact) mass is 503 g/mol. The minimum atomic E-state index is -0.536. The van der Waals surface area contributed by atoms with Crippen LogP contribution in [0, 0.1) is 20.8 Å². The van der Waals surface area contributed by atoms with Crippen molar-refractivity contribution in [2.24, 2.45) is 0 Å². The third-order valence-corrected chi connectivity index (χ3v) is 6.57. The number of ether oxygens (including phenoxy) is 1. The van der Waals surface area contributed by atoms with Crippen LogP contribution in [-0.4, -0.2) is 66.3 Å². The maximum Gasteiger partial charge on any atom is 0.410 e. The fraction of sp³-hybridized carbons (Fsp3) is 0.444. The fourth-order valence-electron chi connectivity index (χ4n) is 4.87. The molecule has 5 rings (SSSR count). The Hall–Kier alpha value is -3.95. The van der Waals surface area contributed by atoms with Crippen molar-refractivity contribution in [2.45, 2.75) is 60.1 Å². The van der Waals surface area contributed by atoms with Gasteiger partial charge in [-0.2, -0.15) is 10.1 Å². The predicted molar refractivity (Wildman–Crippen MR) is 142 cm³/mol. The Morgan fingerprint density at radius 3 is 2.51 bits per heavy atom. The molecule has 37 heavy (non-hydrogen) atoms. The van der Waals surface area contributed by atoms with Gasteiger partial charge >= 0.3 is 11.8 Å². The molecule has 0 aliphatic carbocycles. The molecule has 1 unspecified atom stereocenters. The van der Waals surface area contributed by atoms with Gasteiger partial charge in [0.2, 0.25) is 0 Å². The highest BCUT2D eigenvalue weighted by Gasteiger charge is 2.31. The molecule has 0 aromatic carbocycles. The second-order valence-electron chi connectivity index (χ2n) is 10.9. The minimum Gasteiger partial charge on any atom is -0.444 e. The average molecular weight is 504 g/mol. The highest BCUT2D eigenvalue weighted by atomic mass is 16.6. The first-order valence-corrected chi connectivity index (χ1v) is 12.5. The summed E-state index contributed by atoms with van der Waals surface area (Å²) in [5.74, 6) is 0.393. The van der Waals surface area contributed by atoms with Crippen molar-refractivity contribution in [1.29, 1.82) is 0 Å².